The number of nitrogens with two attached hydrogens (primary N) is 1. The first-order valence-electron chi connectivity index (χ1n) is 6.94. The Bertz CT molecular complexity index is 502. The van der Waals surface area contributed by atoms with Gasteiger partial charge in [0.1, 0.15) is 6.04 Å². The predicted molar refractivity (Wildman–Crippen MR) is 76.2 cm³/mol. The van der Waals surface area contributed by atoms with Crippen LogP contribution in [0.5, 0.6) is 11.5 Å². The molecule has 1 amide bonds. The molecule has 1 aromatic carbocycles. The van der Waals surface area contributed by atoms with Crippen LogP contribution in [0.15, 0.2) is 12.1 Å². The van der Waals surface area contributed by atoms with Gasteiger partial charge in [-0.1, -0.05) is 0 Å². The number of amides is 1. The number of rotatable bonds is 5. The minimum atomic E-state index is -0.234. The Kier molecular flexibility index (Phi) is 4.49. The largest absolute Gasteiger partial charge is 0.493 e. The maximum Gasteiger partial charge on any atom is 0.223 e. The number of benzene rings is 1. The molecular weight excluding hydrogens is 256 g/mol. The van der Waals surface area contributed by atoms with Crippen molar-refractivity contribution in [3.8, 4) is 11.5 Å². The SMILES string of the molecule is COc1cc2c(cc1OC)[C@H](C)[NH+](CCC(N)=O)CC2. The zero-order valence-electron chi connectivity index (χ0n) is 12.4. The van der Waals surface area contributed by atoms with Crippen LogP contribution in [0.2, 0.25) is 0 Å². The molecular formula is C15H23N2O3+. The van der Waals surface area contributed by atoms with Crippen LogP contribution in [0.4, 0.5) is 0 Å². The van der Waals surface area contributed by atoms with E-state index in [4.69, 9.17) is 15.2 Å². The lowest BCUT2D eigenvalue weighted by Crippen LogP contribution is -3.13. The van der Waals surface area contributed by atoms with Crippen LogP contribution in [-0.4, -0.2) is 33.2 Å². The first kappa shape index (κ1) is 14.7. The topological polar surface area (TPSA) is 66.0 Å². The lowest BCUT2D eigenvalue weighted by Gasteiger charge is -2.32. The van der Waals surface area contributed by atoms with Crippen molar-refractivity contribution in [2.24, 2.45) is 5.73 Å². The zero-order chi connectivity index (χ0) is 14.7. The summed E-state index contributed by atoms with van der Waals surface area (Å²) in [6.07, 6.45) is 1.41. The molecule has 0 aromatic heterocycles. The van der Waals surface area contributed by atoms with Gasteiger partial charge in [-0.3, -0.25) is 4.79 Å². The molecule has 3 N–H and O–H groups in total. The fraction of sp³-hybridized carbons (Fsp3) is 0.533. The molecule has 2 rings (SSSR count). The Morgan fingerprint density at radius 1 is 1.35 bits per heavy atom. The quantitative estimate of drug-likeness (QED) is 0.802. The van der Waals surface area contributed by atoms with Crippen molar-refractivity contribution >= 4 is 5.91 Å². The monoisotopic (exact) mass is 279 g/mol. The Labute approximate surface area is 119 Å². The molecule has 1 heterocycles. The zero-order valence-corrected chi connectivity index (χ0v) is 12.4. The molecule has 1 aromatic rings. The number of carbonyl (C=O) groups is 1. The van der Waals surface area contributed by atoms with E-state index in [2.05, 4.69) is 19.1 Å². The average Bonchev–Trinajstić information content (AvgIpc) is 2.45. The summed E-state index contributed by atoms with van der Waals surface area (Å²) in [5, 5.41) is 0. The van der Waals surface area contributed by atoms with E-state index in [0.717, 1.165) is 31.0 Å². The number of fused-ring (bicyclic) bond motifs is 1. The van der Waals surface area contributed by atoms with Crippen LogP contribution in [-0.2, 0) is 11.2 Å². The van der Waals surface area contributed by atoms with Gasteiger partial charge in [0, 0.05) is 12.0 Å². The molecule has 0 spiro atoms. The number of nitrogens with one attached hydrogen (secondary N) is 1. The standard InChI is InChI=1S/C15H22N2O3/c1-10-12-9-14(20-3)13(19-2)8-11(12)4-6-17(10)7-5-15(16)18/h8-10H,4-7H2,1-3H3,(H2,16,18)/p+1/t10-/m0/s1. The second-order valence-electron chi connectivity index (χ2n) is 5.25. The van der Waals surface area contributed by atoms with Gasteiger partial charge < -0.3 is 20.1 Å². The van der Waals surface area contributed by atoms with Crippen molar-refractivity contribution in [1.82, 2.24) is 0 Å². The maximum atomic E-state index is 11.0. The predicted octanol–water partition coefficient (Wildman–Crippen LogP) is 0.0812. The van der Waals surface area contributed by atoms with Crippen molar-refractivity contribution in [3.63, 3.8) is 0 Å². The molecule has 0 radical (unpaired) electrons. The minimum Gasteiger partial charge on any atom is -0.493 e. The molecule has 2 atom stereocenters. The van der Waals surface area contributed by atoms with Gasteiger partial charge in [-0.15, -0.1) is 0 Å². The fourth-order valence-electron chi connectivity index (χ4n) is 2.91. The number of ether oxygens (including phenoxy) is 2. The summed E-state index contributed by atoms with van der Waals surface area (Å²) in [4.78, 5) is 12.3. The summed E-state index contributed by atoms with van der Waals surface area (Å²) in [6.45, 7) is 3.97. The maximum absolute atomic E-state index is 11.0. The summed E-state index contributed by atoms with van der Waals surface area (Å²) >= 11 is 0. The molecule has 20 heavy (non-hydrogen) atoms. The van der Waals surface area contributed by atoms with E-state index in [1.807, 2.05) is 0 Å². The van der Waals surface area contributed by atoms with Gasteiger partial charge in [0.05, 0.1) is 33.7 Å². The fourth-order valence-corrected chi connectivity index (χ4v) is 2.91. The highest BCUT2D eigenvalue weighted by Crippen LogP contribution is 2.33. The highest BCUT2D eigenvalue weighted by Gasteiger charge is 2.29. The average molecular weight is 279 g/mol. The first-order chi connectivity index (χ1) is 9.56. The van der Waals surface area contributed by atoms with E-state index < -0.39 is 0 Å². The van der Waals surface area contributed by atoms with E-state index >= 15 is 0 Å². The third-order valence-corrected chi connectivity index (χ3v) is 4.13. The highest BCUT2D eigenvalue weighted by atomic mass is 16.5. The molecule has 5 nitrogen and oxygen atoms in total. The molecule has 0 fully saturated rings. The number of quaternary nitrogens is 1. The summed E-state index contributed by atoms with van der Waals surface area (Å²) in [6, 6.07) is 4.45. The van der Waals surface area contributed by atoms with E-state index in [-0.39, 0.29) is 5.91 Å². The highest BCUT2D eigenvalue weighted by molar-refractivity contribution is 5.73. The van der Waals surface area contributed by atoms with Crippen LogP contribution >= 0.6 is 0 Å². The van der Waals surface area contributed by atoms with E-state index in [1.165, 1.54) is 16.0 Å². The van der Waals surface area contributed by atoms with Crippen LogP contribution in [0.1, 0.15) is 30.5 Å². The van der Waals surface area contributed by atoms with Gasteiger partial charge in [-0.2, -0.15) is 0 Å². The molecule has 1 unspecified atom stereocenters. The van der Waals surface area contributed by atoms with E-state index in [1.54, 1.807) is 14.2 Å². The van der Waals surface area contributed by atoms with Crippen molar-refractivity contribution in [2.45, 2.75) is 25.8 Å². The summed E-state index contributed by atoms with van der Waals surface area (Å²) in [5.41, 5.74) is 7.82. The third kappa shape index (κ3) is 2.88. The summed E-state index contributed by atoms with van der Waals surface area (Å²) in [7, 11) is 3.30. The number of hydrogen-bond acceptors (Lipinski definition) is 3. The van der Waals surface area contributed by atoms with Crippen molar-refractivity contribution < 1.29 is 19.2 Å². The van der Waals surface area contributed by atoms with Crippen LogP contribution < -0.4 is 20.1 Å². The Morgan fingerprint density at radius 2 is 2.00 bits per heavy atom. The minimum absolute atomic E-state index is 0.234. The van der Waals surface area contributed by atoms with Gasteiger partial charge >= 0.3 is 0 Å². The second-order valence-corrected chi connectivity index (χ2v) is 5.25. The molecule has 5 heteroatoms. The van der Waals surface area contributed by atoms with Crippen LogP contribution in [0, 0.1) is 0 Å². The molecule has 1 aliphatic heterocycles. The van der Waals surface area contributed by atoms with Gasteiger partial charge in [-0.25, -0.2) is 0 Å². The third-order valence-electron chi connectivity index (χ3n) is 4.13. The van der Waals surface area contributed by atoms with E-state index in [9.17, 15) is 4.79 Å². The molecule has 0 aliphatic carbocycles. The Morgan fingerprint density at radius 3 is 2.60 bits per heavy atom. The molecule has 0 saturated carbocycles. The molecule has 0 bridgehead atoms. The van der Waals surface area contributed by atoms with E-state index in [0.29, 0.717) is 12.5 Å². The van der Waals surface area contributed by atoms with Gasteiger partial charge in [-0.05, 0) is 24.6 Å². The number of methoxy groups -OCH3 is 2. The van der Waals surface area contributed by atoms with Crippen molar-refractivity contribution in [1.29, 1.82) is 0 Å². The van der Waals surface area contributed by atoms with Crippen LogP contribution in [0.25, 0.3) is 0 Å². The molecule has 0 saturated heterocycles. The Hall–Kier alpha value is -1.75. The van der Waals surface area contributed by atoms with Gasteiger partial charge in [0.25, 0.3) is 0 Å². The number of hydrogen-bond donors (Lipinski definition) is 2. The smallest absolute Gasteiger partial charge is 0.223 e. The van der Waals surface area contributed by atoms with Gasteiger partial charge in [0.15, 0.2) is 11.5 Å². The number of carbonyl (C=O) groups excluding carboxylic acids is 1. The Balaban J connectivity index is 2.24. The lowest BCUT2D eigenvalue weighted by atomic mass is 9.92. The van der Waals surface area contributed by atoms with Crippen LogP contribution in [0.3, 0.4) is 0 Å². The summed E-state index contributed by atoms with van der Waals surface area (Å²) in [5.74, 6) is 1.30. The first-order valence-corrected chi connectivity index (χ1v) is 6.94. The second kappa shape index (κ2) is 6.13. The summed E-state index contributed by atoms with van der Waals surface area (Å²) < 4.78 is 10.7. The number of primary amides is 1. The molecule has 1 aliphatic rings. The lowest BCUT2D eigenvalue weighted by molar-refractivity contribution is -0.931. The molecule has 110 valence electrons. The van der Waals surface area contributed by atoms with Gasteiger partial charge in [0.2, 0.25) is 5.91 Å². The van der Waals surface area contributed by atoms with Crippen molar-refractivity contribution in [3.05, 3.63) is 23.3 Å². The van der Waals surface area contributed by atoms with Crippen molar-refractivity contribution in [2.75, 3.05) is 27.3 Å². The normalized spacial score (nSPS) is 21.1.